The lowest BCUT2D eigenvalue weighted by Gasteiger charge is -2.32. The number of rotatable bonds is 4. The van der Waals surface area contributed by atoms with Gasteiger partial charge in [-0.05, 0) is 30.7 Å². The highest BCUT2D eigenvalue weighted by Gasteiger charge is 2.22. The predicted octanol–water partition coefficient (Wildman–Crippen LogP) is 3.31. The normalized spacial score (nSPS) is 19.0. The summed E-state index contributed by atoms with van der Waals surface area (Å²) in [5, 5.41) is 0. The molecule has 0 atom stereocenters. The highest BCUT2D eigenvalue weighted by molar-refractivity contribution is 5.34. The van der Waals surface area contributed by atoms with Crippen LogP contribution in [0.1, 0.15) is 36.6 Å². The summed E-state index contributed by atoms with van der Waals surface area (Å²) >= 11 is 0. The van der Waals surface area contributed by atoms with E-state index in [4.69, 9.17) is 4.98 Å². The van der Waals surface area contributed by atoms with Gasteiger partial charge in [0, 0.05) is 50.9 Å². The minimum absolute atomic E-state index is 0.840. The average Bonchev–Trinajstić information content (AvgIpc) is 2.67. The number of fused-ring (bicyclic) bond motifs is 1. The van der Waals surface area contributed by atoms with Gasteiger partial charge < -0.3 is 4.90 Å². The van der Waals surface area contributed by atoms with E-state index in [9.17, 15) is 0 Å². The molecule has 0 radical (unpaired) electrons. The van der Waals surface area contributed by atoms with Gasteiger partial charge in [0.2, 0.25) is 5.95 Å². The van der Waals surface area contributed by atoms with Crippen molar-refractivity contribution in [2.75, 3.05) is 31.1 Å². The van der Waals surface area contributed by atoms with Crippen molar-refractivity contribution in [2.24, 2.45) is 5.92 Å². The summed E-state index contributed by atoms with van der Waals surface area (Å²) in [6.45, 7) is 7.74. The molecule has 0 amide bonds. The van der Waals surface area contributed by atoms with Gasteiger partial charge in [-0.15, -0.1) is 0 Å². The summed E-state index contributed by atoms with van der Waals surface area (Å²) in [5.74, 6) is 1.79. The molecule has 0 saturated carbocycles. The van der Waals surface area contributed by atoms with Gasteiger partial charge in [-0.1, -0.05) is 37.3 Å². The molecule has 1 fully saturated rings. The van der Waals surface area contributed by atoms with Gasteiger partial charge in [0.25, 0.3) is 0 Å². The number of aromatic nitrogens is 2. The van der Waals surface area contributed by atoms with E-state index in [2.05, 4.69) is 58.2 Å². The number of hydrogen-bond donors (Lipinski definition) is 0. The number of hydrogen-bond acceptors (Lipinski definition) is 4. The Morgan fingerprint density at radius 3 is 2.68 bits per heavy atom. The first-order valence-corrected chi connectivity index (χ1v) is 9.64. The van der Waals surface area contributed by atoms with Crippen molar-refractivity contribution in [3.63, 3.8) is 0 Å². The van der Waals surface area contributed by atoms with Crippen LogP contribution in [-0.2, 0) is 19.4 Å². The zero-order valence-corrected chi connectivity index (χ0v) is 15.2. The topological polar surface area (TPSA) is 32.3 Å². The lowest BCUT2D eigenvalue weighted by molar-refractivity contribution is 0.254. The molecule has 1 saturated heterocycles. The van der Waals surface area contributed by atoms with Crippen molar-refractivity contribution in [1.29, 1.82) is 0 Å². The molecule has 132 valence electrons. The number of benzene rings is 1. The summed E-state index contributed by atoms with van der Waals surface area (Å²) in [5.41, 5.74) is 3.99. The Hall–Kier alpha value is -1.94. The molecule has 4 nitrogen and oxygen atoms in total. The van der Waals surface area contributed by atoms with E-state index < -0.39 is 0 Å². The van der Waals surface area contributed by atoms with Crippen molar-refractivity contribution < 1.29 is 0 Å². The molecule has 1 aromatic carbocycles. The SMILES string of the molecule is CC1CCN(c2ncc3c(n2)CCN(CCc2ccccc2)C3)CC1. The minimum Gasteiger partial charge on any atom is -0.341 e. The van der Waals surface area contributed by atoms with Crippen LogP contribution in [0.4, 0.5) is 5.95 Å². The van der Waals surface area contributed by atoms with Crippen molar-refractivity contribution in [3.8, 4) is 0 Å². The zero-order valence-electron chi connectivity index (χ0n) is 15.2. The number of nitrogens with zero attached hydrogens (tertiary/aromatic N) is 4. The monoisotopic (exact) mass is 336 g/mol. The van der Waals surface area contributed by atoms with Crippen molar-refractivity contribution in [3.05, 3.63) is 53.3 Å². The van der Waals surface area contributed by atoms with Crippen LogP contribution in [0, 0.1) is 5.92 Å². The van der Waals surface area contributed by atoms with Crippen LogP contribution in [0.2, 0.25) is 0 Å². The standard InChI is InChI=1S/C21H28N4/c1-17-7-13-25(14-8-17)21-22-15-19-16-24(12-10-20(19)23-21)11-9-18-5-3-2-4-6-18/h2-6,15,17H,7-14,16H2,1H3. The van der Waals surface area contributed by atoms with E-state index in [-0.39, 0.29) is 0 Å². The first kappa shape index (κ1) is 16.5. The molecule has 0 unspecified atom stereocenters. The van der Waals surface area contributed by atoms with Crippen LogP contribution in [0.3, 0.4) is 0 Å². The van der Waals surface area contributed by atoms with E-state index in [1.54, 1.807) is 0 Å². The highest BCUT2D eigenvalue weighted by Crippen LogP contribution is 2.23. The van der Waals surface area contributed by atoms with Crippen LogP contribution in [0.25, 0.3) is 0 Å². The molecular formula is C21H28N4. The lowest BCUT2D eigenvalue weighted by Crippen LogP contribution is -2.36. The van der Waals surface area contributed by atoms with Crippen LogP contribution in [0.15, 0.2) is 36.5 Å². The fourth-order valence-electron chi connectivity index (χ4n) is 3.85. The van der Waals surface area contributed by atoms with Crippen LogP contribution in [-0.4, -0.2) is 41.0 Å². The molecule has 0 N–H and O–H groups in total. The van der Waals surface area contributed by atoms with Crippen LogP contribution < -0.4 is 4.90 Å². The molecule has 25 heavy (non-hydrogen) atoms. The van der Waals surface area contributed by atoms with Gasteiger partial charge in [0.1, 0.15) is 0 Å². The Morgan fingerprint density at radius 2 is 1.88 bits per heavy atom. The average molecular weight is 336 g/mol. The third-order valence-corrected chi connectivity index (χ3v) is 5.63. The summed E-state index contributed by atoms with van der Waals surface area (Å²) in [6.07, 6.45) is 6.75. The second-order valence-corrected chi connectivity index (χ2v) is 7.57. The molecule has 0 aliphatic carbocycles. The molecule has 0 bridgehead atoms. The number of piperidine rings is 1. The molecule has 4 rings (SSSR count). The van der Waals surface area contributed by atoms with Gasteiger partial charge in [-0.2, -0.15) is 0 Å². The molecule has 1 aromatic heterocycles. The summed E-state index contributed by atoms with van der Waals surface area (Å²) in [6, 6.07) is 10.8. The van der Waals surface area contributed by atoms with Gasteiger partial charge in [-0.25, -0.2) is 9.97 Å². The fourth-order valence-corrected chi connectivity index (χ4v) is 3.85. The molecular weight excluding hydrogens is 308 g/mol. The van der Waals surface area contributed by atoms with E-state index >= 15 is 0 Å². The maximum Gasteiger partial charge on any atom is 0.225 e. The Bertz CT molecular complexity index is 692. The third-order valence-electron chi connectivity index (χ3n) is 5.63. The van der Waals surface area contributed by atoms with Crippen molar-refractivity contribution in [1.82, 2.24) is 14.9 Å². The molecule has 3 heterocycles. The first-order valence-electron chi connectivity index (χ1n) is 9.64. The van der Waals surface area contributed by atoms with Crippen molar-refractivity contribution >= 4 is 5.95 Å². The first-order chi connectivity index (χ1) is 12.3. The van der Waals surface area contributed by atoms with Gasteiger partial charge >= 0.3 is 0 Å². The highest BCUT2D eigenvalue weighted by atomic mass is 15.3. The van der Waals surface area contributed by atoms with E-state index in [0.29, 0.717) is 0 Å². The Kier molecular flexibility index (Phi) is 4.97. The summed E-state index contributed by atoms with van der Waals surface area (Å²) < 4.78 is 0. The number of anilines is 1. The summed E-state index contributed by atoms with van der Waals surface area (Å²) in [7, 11) is 0. The van der Waals surface area contributed by atoms with Crippen LogP contribution in [0.5, 0.6) is 0 Å². The molecule has 4 heteroatoms. The Morgan fingerprint density at radius 1 is 1.08 bits per heavy atom. The Labute approximate surface area is 150 Å². The maximum atomic E-state index is 4.90. The largest absolute Gasteiger partial charge is 0.341 e. The molecule has 2 aliphatic rings. The zero-order chi connectivity index (χ0) is 17.1. The second kappa shape index (κ2) is 7.52. The van der Waals surface area contributed by atoms with Crippen molar-refractivity contribution in [2.45, 2.75) is 39.2 Å². The summed E-state index contributed by atoms with van der Waals surface area (Å²) in [4.78, 5) is 14.5. The smallest absolute Gasteiger partial charge is 0.225 e. The maximum absolute atomic E-state index is 4.90. The fraction of sp³-hybridized carbons (Fsp3) is 0.524. The quantitative estimate of drug-likeness (QED) is 0.857. The second-order valence-electron chi connectivity index (χ2n) is 7.57. The minimum atomic E-state index is 0.840. The Balaban J connectivity index is 1.37. The van der Waals surface area contributed by atoms with Gasteiger partial charge in [-0.3, -0.25) is 4.90 Å². The lowest BCUT2D eigenvalue weighted by atomic mass is 9.99. The van der Waals surface area contributed by atoms with E-state index in [1.807, 2.05) is 0 Å². The van der Waals surface area contributed by atoms with Gasteiger partial charge in [0.15, 0.2) is 0 Å². The van der Waals surface area contributed by atoms with E-state index in [0.717, 1.165) is 57.4 Å². The van der Waals surface area contributed by atoms with Crippen LogP contribution >= 0.6 is 0 Å². The molecule has 2 aliphatic heterocycles. The van der Waals surface area contributed by atoms with E-state index in [1.165, 1.54) is 29.7 Å². The molecule has 0 spiro atoms. The molecule has 2 aromatic rings. The third kappa shape index (κ3) is 4.01. The predicted molar refractivity (Wildman–Crippen MR) is 102 cm³/mol. The van der Waals surface area contributed by atoms with Gasteiger partial charge in [0.05, 0.1) is 5.69 Å².